The van der Waals surface area contributed by atoms with E-state index in [2.05, 4.69) is 15.2 Å². The predicted molar refractivity (Wildman–Crippen MR) is 46.4 cm³/mol. The molecule has 13 heavy (non-hydrogen) atoms. The summed E-state index contributed by atoms with van der Waals surface area (Å²) >= 11 is 1.25. The Labute approximate surface area is 78.9 Å². The Kier molecular flexibility index (Phi) is 2.22. The minimum absolute atomic E-state index is 0.313. The second kappa shape index (κ2) is 3.37. The van der Waals surface area contributed by atoms with E-state index in [0.717, 1.165) is 12.8 Å². The second-order valence-corrected chi connectivity index (χ2v) is 4.14. The zero-order valence-electron chi connectivity index (χ0n) is 6.80. The molecular weight excluding hydrogens is 190 g/mol. The number of carbonyl (C=O) groups is 1. The van der Waals surface area contributed by atoms with Crippen LogP contribution in [0.3, 0.4) is 0 Å². The lowest BCUT2D eigenvalue weighted by molar-refractivity contribution is -0.136. The van der Waals surface area contributed by atoms with E-state index in [9.17, 15) is 4.79 Å². The molecule has 1 heterocycles. The monoisotopic (exact) mass is 199 g/mol. The van der Waals surface area contributed by atoms with E-state index in [0.29, 0.717) is 11.1 Å². The first-order valence-electron chi connectivity index (χ1n) is 4.02. The molecule has 1 aromatic heterocycles. The molecule has 2 rings (SSSR count). The lowest BCUT2D eigenvalue weighted by Crippen LogP contribution is -2.18. The Bertz CT molecular complexity index is 297. The van der Waals surface area contributed by atoms with Crippen molar-refractivity contribution < 1.29 is 9.90 Å². The highest BCUT2D eigenvalue weighted by atomic mass is 32.2. The smallest absolute Gasteiger partial charge is 0.317 e. The van der Waals surface area contributed by atoms with Gasteiger partial charge in [0.1, 0.15) is 11.6 Å². The highest BCUT2D eigenvalue weighted by Crippen LogP contribution is 2.40. The van der Waals surface area contributed by atoms with E-state index in [-0.39, 0.29) is 5.25 Å². The number of nitrogens with one attached hydrogen (secondary N) is 1. The minimum Gasteiger partial charge on any atom is -0.480 e. The van der Waals surface area contributed by atoms with Gasteiger partial charge in [-0.15, -0.1) is 0 Å². The van der Waals surface area contributed by atoms with Crippen molar-refractivity contribution in [2.24, 2.45) is 5.92 Å². The molecule has 1 atom stereocenters. The zero-order valence-corrected chi connectivity index (χ0v) is 7.62. The SMILES string of the molecule is O=C(O)C(Sc1ncn[nH]1)C1CC1. The highest BCUT2D eigenvalue weighted by Gasteiger charge is 2.37. The van der Waals surface area contributed by atoms with Crippen LogP contribution in [0.1, 0.15) is 12.8 Å². The fraction of sp³-hybridized carbons (Fsp3) is 0.571. The van der Waals surface area contributed by atoms with Gasteiger partial charge >= 0.3 is 5.97 Å². The molecule has 0 spiro atoms. The van der Waals surface area contributed by atoms with Crippen LogP contribution in [0.5, 0.6) is 0 Å². The van der Waals surface area contributed by atoms with Crippen molar-refractivity contribution in [2.45, 2.75) is 23.2 Å². The molecule has 1 fully saturated rings. The number of aromatic nitrogens is 3. The second-order valence-electron chi connectivity index (χ2n) is 3.00. The summed E-state index contributed by atoms with van der Waals surface area (Å²) in [4.78, 5) is 14.7. The highest BCUT2D eigenvalue weighted by molar-refractivity contribution is 8.00. The third-order valence-electron chi connectivity index (χ3n) is 1.93. The lowest BCUT2D eigenvalue weighted by Gasteiger charge is -2.06. The van der Waals surface area contributed by atoms with Gasteiger partial charge in [-0.2, -0.15) is 5.10 Å². The van der Waals surface area contributed by atoms with Gasteiger partial charge in [0.15, 0.2) is 5.16 Å². The minimum atomic E-state index is -0.760. The third-order valence-corrected chi connectivity index (χ3v) is 3.19. The first-order valence-corrected chi connectivity index (χ1v) is 4.90. The molecule has 0 amide bonds. The van der Waals surface area contributed by atoms with Gasteiger partial charge in [0, 0.05) is 0 Å². The standard InChI is InChI=1S/C7H9N3O2S/c11-6(12)5(4-1-2-4)13-7-8-3-9-10-7/h3-5H,1-2H2,(H,11,12)(H,8,9,10). The van der Waals surface area contributed by atoms with Crippen LogP contribution in [-0.2, 0) is 4.79 Å². The summed E-state index contributed by atoms with van der Waals surface area (Å²) in [5.74, 6) is -0.448. The largest absolute Gasteiger partial charge is 0.480 e. The first kappa shape index (κ1) is 8.55. The molecule has 1 aromatic rings. The Morgan fingerprint density at radius 2 is 2.54 bits per heavy atom. The van der Waals surface area contributed by atoms with Gasteiger partial charge in [0.2, 0.25) is 0 Å². The van der Waals surface area contributed by atoms with Crippen LogP contribution in [-0.4, -0.2) is 31.5 Å². The van der Waals surface area contributed by atoms with Gasteiger partial charge < -0.3 is 5.11 Å². The number of hydrogen-bond donors (Lipinski definition) is 2. The van der Waals surface area contributed by atoms with Crippen LogP contribution in [0, 0.1) is 5.92 Å². The topological polar surface area (TPSA) is 78.9 Å². The van der Waals surface area contributed by atoms with Crippen LogP contribution in [0.4, 0.5) is 0 Å². The van der Waals surface area contributed by atoms with Crippen molar-refractivity contribution in [3.8, 4) is 0 Å². The number of nitrogens with zero attached hydrogens (tertiary/aromatic N) is 2. The number of aliphatic carboxylic acids is 1. The van der Waals surface area contributed by atoms with Crippen molar-refractivity contribution in [3.63, 3.8) is 0 Å². The molecule has 1 unspecified atom stereocenters. The van der Waals surface area contributed by atoms with Crippen LogP contribution in [0.25, 0.3) is 0 Å². The van der Waals surface area contributed by atoms with Gasteiger partial charge in [0.05, 0.1) is 0 Å². The van der Waals surface area contributed by atoms with Gasteiger partial charge in [-0.1, -0.05) is 11.8 Å². The Balaban J connectivity index is 2.01. The van der Waals surface area contributed by atoms with E-state index >= 15 is 0 Å². The number of H-pyrrole nitrogens is 1. The predicted octanol–water partition coefficient (Wildman–Crippen LogP) is 0.760. The Morgan fingerprint density at radius 3 is 3.00 bits per heavy atom. The van der Waals surface area contributed by atoms with Crippen LogP contribution < -0.4 is 0 Å². The van der Waals surface area contributed by atoms with Crippen molar-refractivity contribution in [1.82, 2.24) is 15.2 Å². The summed E-state index contributed by atoms with van der Waals surface area (Å²) in [6.45, 7) is 0. The summed E-state index contributed by atoms with van der Waals surface area (Å²) in [6.07, 6.45) is 3.41. The molecule has 0 radical (unpaired) electrons. The molecule has 0 saturated heterocycles. The van der Waals surface area contributed by atoms with Gasteiger partial charge in [-0.25, -0.2) is 4.98 Å². The number of thioether (sulfide) groups is 1. The molecule has 0 aromatic carbocycles. The van der Waals surface area contributed by atoms with E-state index in [1.807, 2.05) is 0 Å². The summed E-state index contributed by atoms with van der Waals surface area (Å²) in [6, 6.07) is 0. The lowest BCUT2D eigenvalue weighted by atomic mass is 10.3. The summed E-state index contributed by atoms with van der Waals surface area (Å²) in [7, 11) is 0. The van der Waals surface area contributed by atoms with Gasteiger partial charge in [-0.3, -0.25) is 9.89 Å². The molecule has 2 N–H and O–H groups in total. The fourth-order valence-electron chi connectivity index (χ4n) is 1.12. The molecule has 1 aliphatic carbocycles. The average Bonchev–Trinajstić information content (AvgIpc) is 2.79. The van der Waals surface area contributed by atoms with E-state index in [4.69, 9.17) is 5.11 Å². The number of hydrogen-bond acceptors (Lipinski definition) is 4. The summed E-state index contributed by atoms with van der Waals surface area (Å²) in [5.41, 5.74) is 0. The van der Waals surface area contributed by atoms with E-state index in [1.54, 1.807) is 0 Å². The quantitative estimate of drug-likeness (QED) is 0.700. The van der Waals surface area contributed by atoms with Crippen LogP contribution in [0.15, 0.2) is 11.5 Å². The molecule has 1 saturated carbocycles. The summed E-state index contributed by atoms with van der Waals surface area (Å²) in [5, 5.41) is 15.4. The van der Waals surface area contributed by atoms with Crippen molar-refractivity contribution in [2.75, 3.05) is 0 Å². The normalized spacial score (nSPS) is 18.5. The molecular formula is C7H9N3O2S. The average molecular weight is 199 g/mol. The molecule has 5 nitrogen and oxygen atoms in total. The Hall–Kier alpha value is -1.04. The van der Waals surface area contributed by atoms with Gasteiger partial charge in [0.25, 0.3) is 0 Å². The number of carboxylic acids is 1. The van der Waals surface area contributed by atoms with Crippen LogP contribution in [0.2, 0.25) is 0 Å². The maximum absolute atomic E-state index is 10.8. The molecule has 0 bridgehead atoms. The summed E-state index contributed by atoms with van der Waals surface area (Å²) < 4.78 is 0. The number of rotatable bonds is 4. The zero-order chi connectivity index (χ0) is 9.26. The molecule has 0 aliphatic heterocycles. The molecule has 1 aliphatic rings. The van der Waals surface area contributed by atoms with Crippen molar-refractivity contribution >= 4 is 17.7 Å². The van der Waals surface area contributed by atoms with Gasteiger partial charge in [-0.05, 0) is 18.8 Å². The number of carboxylic acid groups (broad SMARTS) is 1. The first-order chi connectivity index (χ1) is 6.27. The van der Waals surface area contributed by atoms with E-state index < -0.39 is 5.97 Å². The van der Waals surface area contributed by atoms with Crippen LogP contribution >= 0.6 is 11.8 Å². The Morgan fingerprint density at radius 1 is 1.77 bits per heavy atom. The fourth-order valence-corrected chi connectivity index (χ4v) is 2.14. The maximum Gasteiger partial charge on any atom is 0.317 e. The van der Waals surface area contributed by atoms with E-state index in [1.165, 1.54) is 18.1 Å². The maximum atomic E-state index is 10.8. The van der Waals surface area contributed by atoms with Crippen molar-refractivity contribution in [1.29, 1.82) is 0 Å². The molecule has 70 valence electrons. The van der Waals surface area contributed by atoms with Crippen molar-refractivity contribution in [3.05, 3.63) is 6.33 Å². The number of aromatic amines is 1. The molecule has 6 heteroatoms. The third kappa shape index (κ3) is 2.00.